The Balaban J connectivity index is 2.60. The molecule has 0 atom stereocenters. The highest BCUT2D eigenvalue weighted by atomic mass is 16.5. The van der Waals surface area contributed by atoms with Crippen molar-refractivity contribution in [3.05, 3.63) is 30.3 Å². The highest BCUT2D eigenvalue weighted by Crippen LogP contribution is 2.39. The van der Waals surface area contributed by atoms with Gasteiger partial charge in [0, 0.05) is 10.8 Å². The number of ether oxygens (including phenoxy) is 3. The van der Waals surface area contributed by atoms with E-state index in [1.54, 1.807) is 0 Å². The van der Waals surface area contributed by atoms with Gasteiger partial charge in [-0.2, -0.15) is 0 Å². The van der Waals surface area contributed by atoms with E-state index in [2.05, 4.69) is 0 Å². The highest BCUT2D eigenvalue weighted by molar-refractivity contribution is 5.95. The molecule has 0 unspecified atom stereocenters. The van der Waals surface area contributed by atoms with E-state index in [1.807, 2.05) is 51.1 Å². The van der Waals surface area contributed by atoms with Crippen molar-refractivity contribution in [2.24, 2.45) is 0 Å². The molecule has 0 aliphatic heterocycles. The number of fused-ring (bicyclic) bond motifs is 1. The zero-order valence-electron chi connectivity index (χ0n) is 11.7. The molecule has 0 bridgehead atoms. The maximum atomic E-state index is 5.76. The van der Waals surface area contributed by atoms with Crippen LogP contribution >= 0.6 is 0 Å². The fourth-order valence-electron chi connectivity index (χ4n) is 2.13. The fourth-order valence-corrected chi connectivity index (χ4v) is 2.13. The van der Waals surface area contributed by atoms with Gasteiger partial charge in [0.05, 0.1) is 19.8 Å². The standard InChI is InChI=1S/C16H20O3/c1-4-17-14-9-7-8-13-12(14)10-11-15(18-5-2)16(13)19-6-3/h7-11H,4-6H2,1-3H3. The van der Waals surface area contributed by atoms with Gasteiger partial charge in [0.1, 0.15) is 5.75 Å². The Morgan fingerprint density at radius 3 is 2.05 bits per heavy atom. The largest absolute Gasteiger partial charge is 0.493 e. The minimum atomic E-state index is 0.609. The van der Waals surface area contributed by atoms with Crippen molar-refractivity contribution in [2.45, 2.75) is 20.8 Å². The minimum absolute atomic E-state index is 0.609. The predicted octanol–water partition coefficient (Wildman–Crippen LogP) is 4.04. The van der Waals surface area contributed by atoms with Gasteiger partial charge in [0.15, 0.2) is 11.5 Å². The number of rotatable bonds is 6. The summed E-state index contributed by atoms with van der Waals surface area (Å²) in [5, 5.41) is 2.08. The molecule has 3 nitrogen and oxygen atoms in total. The van der Waals surface area contributed by atoms with Crippen LogP contribution in [0.25, 0.3) is 10.8 Å². The van der Waals surface area contributed by atoms with E-state index >= 15 is 0 Å². The maximum absolute atomic E-state index is 5.76. The van der Waals surface area contributed by atoms with Crippen LogP contribution in [0.4, 0.5) is 0 Å². The summed E-state index contributed by atoms with van der Waals surface area (Å²) >= 11 is 0. The Labute approximate surface area is 114 Å². The Hall–Kier alpha value is -1.90. The Bertz CT molecular complexity index is 549. The van der Waals surface area contributed by atoms with E-state index in [0.29, 0.717) is 19.8 Å². The lowest BCUT2D eigenvalue weighted by molar-refractivity contribution is 0.290. The average Bonchev–Trinajstić information content (AvgIpc) is 2.42. The van der Waals surface area contributed by atoms with E-state index in [-0.39, 0.29) is 0 Å². The van der Waals surface area contributed by atoms with Gasteiger partial charge >= 0.3 is 0 Å². The molecule has 0 fully saturated rings. The molecule has 0 saturated carbocycles. The summed E-state index contributed by atoms with van der Waals surface area (Å²) in [4.78, 5) is 0. The van der Waals surface area contributed by atoms with Crippen molar-refractivity contribution in [2.75, 3.05) is 19.8 Å². The summed E-state index contributed by atoms with van der Waals surface area (Å²) in [7, 11) is 0. The number of benzene rings is 2. The lowest BCUT2D eigenvalue weighted by Gasteiger charge is -2.15. The summed E-state index contributed by atoms with van der Waals surface area (Å²) in [5.74, 6) is 2.46. The van der Waals surface area contributed by atoms with E-state index in [4.69, 9.17) is 14.2 Å². The molecule has 3 heteroatoms. The SMILES string of the molecule is CCOc1ccc2c(OCC)cccc2c1OCC. The van der Waals surface area contributed by atoms with Crippen molar-refractivity contribution in [1.29, 1.82) is 0 Å². The Morgan fingerprint density at radius 2 is 1.37 bits per heavy atom. The molecular formula is C16H20O3. The molecule has 2 aromatic rings. The first-order valence-electron chi connectivity index (χ1n) is 6.75. The lowest BCUT2D eigenvalue weighted by atomic mass is 10.1. The molecule has 2 rings (SSSR count). The highest BCUT2D eigenvalue weighted by Gasteiger charge is 2.12. The molecule has 0 aliphatic rings. The van der Waals surface area contributed by atoms with Crippen LogP contribution in [-0.4, -0.2) is 19.8 Å². The van der Waals surface area contributed by atoms with E-state index < -0.39 is 0 Å². The molecule has 0 amide bonds. The Morgan fingerprint density at radius 1 is 0.684 bits per heavy atom. The summed E-state index contributed by atoms with van der Waals surface area (Å²) in [5.41, 5.74) is 0. The van der Waals surface area contributed by atoms with Crippen molar-refractivity contribution < 1.29 is 14.2 Å². The first-order chi connectivity index (χ1) is 9.31. The van der Waals surface area contributed by atoms with Crippen LogP contribution in [0, 0.1) is 0 Å². The first kappa shape index (κ1) is 13.5. The quantitative estimate of drug-likeness (QED) is 0.784. The van der Waals surface area contributed by atoms with Crippen LogP contribution in [-0.2, 0) is 0 Å². The van der Waals surface area contributed by atoms with Gasteiger partial charge in [-0.05, 0) is 39.0 Å². The maximum Gasteiger partial charge on any atom is 0.169 e. The van der Waals surface area contributed by atoms with Crippen LogP contribution in [0.1, 0.15) is 20.8 Å². The molecule has 0 radical (unpaired) electrons. The normalized spacial score (nSPS) is 10.5. The molecule has 0 saturated heterocycles. The van der Waals surface area contributed by atoms with Gasteiger partial charge in [-0.3, -0.25) is 0 Å². The van der Waals surface area contributed by atoms with Gasteiger partial charge in [-0.1, -0.05) is 12.1 Å². The van der Waals surface area contributed by atoms with E-state index in [1.165, 1.54) is 0 Å². The summed E-state index contributed by atoms with van der Waals surface area (Å²) < 4.78 is 17.0. The molecule has 0 heterocycles. The van der Waals surface area contributed by atoms with Crippen molar-refractivity contribution in [3.63, 3.8) is 0 Å². The van der Waals surface area contributed by atoms with Crippen LogP contribution < -0.4 is 14.2 Å². The average molecular weight is 260 g/mol. The third kappa shape index (κ3) is 2.75. The molecule has 0 aromatic heterocycles. The smallest absolute Gasteiger partial charge is 0.169 e. The zero-order chi connectivity index (χ0) is 13.7. The van der Waals surface area contributed by atoms with Gasteiger partial charge in [0.2, 0.25) is 0 Å². The predicted molar refractivity (Wildman–Crippen MR) is 77.5 cm³/mol. The summed E-state index contributed by atoms with van der Waals surface area (Å²) in [6.45, 7) is 7.80. The molecular weight excluding hydrogens is 240 g/mol. The van der Waals surface area contributed by atoms with Crippen molar-refractivity contribution in [1.82, 2.24) is 0 Å². The van der Waals surface area contributed by atoms with Gasteiger partial charge in [0.25, 0.3) is 0 Å². The third-order valence-electron chi connectivity index (χ3n) is 2.82. The third-order valence-corrected chi connectivity index (χ3v) is 2.82. The van der Waals surface area contributed by atoms with Crippen LogP contribution in [0.15, 0.2) is 30.3 Å². The van der Waals surface area contributed by atoms with Gasteiger partial charge in [-0.25, -0.2) is 0 Å². The molecule has 102 valence electrons. The molecule has 0 N–H and O–H groups in total. The fraction of sp³-hybridized carbons (Fsp3) is 0.375. The summed E-state index contributed by atoms with van der Waals surface area (Å²) in [6, 6.07) is 9.95. The molecule has 0 aliphatic carbocycles. The van der Waals surface area contributed by atoms with Gasteiger partial charge in [-0.15, -0.1) is 0 Å². The van der Waals surface area contributed by atoms with Crippen LogP contribution in [0.5, 0.6) is 17.2 Å². The first-order valence-corrected chi connectivity index (χ1v) is 6.75. The molecule has 19 heavy (non-hydrogen) atoms. The van der Waals surface area contributed by atoms with Crippen molar-refractivity contribution in [3.8, 4) is 17.2 Å². The molecule has 0 spiro atoms. The second kappa shape index (κ2) is 6.32. The van der Waals surface area contributed by atoms with E-state index in [9.17, 15) is 0 Å². The Kier molecular flexibility index (Phi) is 4.50. The summed E-state index contributed by atoms with van der Waals surface area (Å²) in [6.07, 6.45) is 0. The molecule has 2 aromatic carbocycles. The number of hydrogen-bond acceptors (Lipinski definition) is 3. The van der Waals surface area contributed by atoms with Crippen LogP contribution in [0.3, 0.4) is 0 Å². The van der Waals surface area contributed by atoms with Crippen molar-refractivity contribution >= 4 is 10.8 Å². The minimum Gasteiger partial charge on any atom is -0.493 e. The van der Waals surface area contributed by atoms with Gasteiger partial charge < -0.3 is 14.2 Å². The second-order valence-electron chi connectivity index (χ2n) is 4.04. The van der Waals surface area contributed by atoms with E-state index in [0.717, 1.165) is 28.0 Å². The second-order valence-corrected chi connectivity index (χ2v) is 4.04. The lowest BCUT2D eigenvalue weighted by Crippen LogP contribution is -2.00. The monoisotopic (exact) mass is 260 g/mol. The number of hydrogen-bond donors (Lipinski definition) is 0. The zero-order valence-corrected chi connectivity index (χ0v) is 11.7. The van der Waals surface area contributed by atoms with Crippen LogP contribution in [0.2, 0.25) is 0 Å². The topological polar surface area (TPSA) is 27.7 Å².